The Balaban J connectivity index is 0.000000152. The number of fused-ring (bicyclic) bond motifs is 11. The second-order valence-electron chi connectivity index (χ2n) is 26.3. The Morgan fingerprint density at radius 1 is 0.181 bits per heavy atom. The zero-order chi connectivity index (χ0) is 70.2. The first-order valence-corrected chi connectivity index (χ1v) is 35.0. The Hall–Kier alpha value is -14.4. The van der Waals surface area contributed by atoms with E-state index < -0.39 is 5.41 Å². The molecule has 0 saturated heterocycles. The number of hydrogen-bond acceptors (Lipinski definition) is 8. The fourth-order valence-corrected chi connectivity index (χ4v) is 15.0. The van der Waals surface area contributed by atoms with E-state index >= 15 is 0 Å². The van der Waals surface area contributed by atoms with Gasteiger partial charge in [0.05, 0.1) is 28.7 Å². The number of nitrogens with zero attached hydrogens (tertiary/aromatic N) is 8. The first-order chi connectivity index (χ1) is 51.9. The lowest BCUT2D eigenvalue weighted by Gasteiger charge is -2.30. The van der Waals surface area contributed by atoms with Crippen molar-refractivity contribution in [3.63, 3.8) is 0 Å². The van der Waals surface area contributed by atoms with Crippen molar-refractivity contribution in [1.29, 1.82) is 10.5 Å². The van der Waals surface area contributed by atoms with Crippen LogP contribution in [0.2, 0.25) is 0 Å². The highest BCUT2D eigenvalue weighted by atomic mass is 15.0. The van der Waals surface area contributed by atoms with E-state index in [0.29, 0.717) is 46.1 Å². The smallest absolute Gasteiger partial charge is 0.164 e. The van der Waals surface area contributed by atoms with E-state index in [0.717, 1.165) is 89.0 Å². The summed E-state index contributed by atoms with van der Waals surface area (Å²) in [6, 6.07) is 131. The zero-order valence-electron chi connectivity index (χ0n) is 56.7. The molecule has 17 aromatic rings. The second kappa shape index (κ2) is 26.9. The third kappa shape index (κ3) is 11.8. The van der Waals surface area contributed by atoms with Crippen molar-refractivity contribution < 1.29 is 0 Å². The van der Waals surface area contributed by atoms with Crippen LogP contribution in [0.4, 0.5) is 0 Å². The van der Waals surface area contributed by atoms with Crippen LogP contribution in [-0.2, 0) is 5.41 Å². The maximum Gasteiger partial charge on any atom is 0.164 e. The van der Waals surface area contributed by atoms with Crippen molar-refractivity contribution in [2.45, 2.75) is 5.41 Å². The van der Waals surface area contributed by atoms with Gasteiger partial charge in [-0.25, -0.2) is 29.9 Å². The molecule has 1 unspecified atom stereocenters. The van der Waals surface area contributed by atoms with Gasteiger partial charge in [0.1, 0.15) is 0 Å². The Morgan fingerprint density at radius 3 is 0.933 bits per heavy atom. The first kappa shape index (κ1) is 62.8. The summed E-state index contributed by atoms with van der Waals surface area (Å²) in [4.78, 5) is 29.4. The third-order valence-corrected chi connectivity index (χ3v) is 20.1. The molecule has 0 saturated carbocycles. The lowest BCUT2D eigenvalue weighted by molar-refractivity contribution is 0.794. The number of hydrogen-bond donors (Lipinski definition) is 0. The van der Waals surface area contributed by atoms with Gasteiger partial charge in [0.2, 0.25) is 0 Å². The summed E-state index contributed by atoms with van der Waals surface area (Å²) in [7, 11) is 0. The molecule has 0 amide bonds. The van der Waals surface area contributed by atoms with E-state index in [-0.39, 0.29) is 0 Å². The minimum atomic E-state index is -0.491. The van der Waals surface area contributed by atoms with E-state index in [2.05, 4.69) is 224 Å². The molecule has 488 valence electrons. The van der Waals surface area contributed by atoms with Crippen LogP contribution >= 0.6 is 0 Å². The summed E-state index contributed by atoms with van der Waals surface area (Å²) in [5.41, 5.74) is 27.6. The zero-order valence-corrected chi connectivity index (χ0v) is 56.7. The summed E-state index contributed by atoms with van der Waals surface area (Å²) in [6.45, 7) is 0. The SMILES string of the molecule is N#Cc1ccc(-c2ccc(-c3ccc4ccc(-c5ccc(-c6nc(-c7ccccc7)nc(-c7ccccc7)n6)cc5)cc4c3)cc2)cc1.N#Cc1ccc2c(c1)-c1ccccc1C21c2ccccc2-c2ccc(-c3cccc(-c4cccc(-c5nc(-c6ccccc6)nc(-c6ccccc6)n5)c4)c3)cc21. The van der Waals surface area contributed by atoms with E-state index in [1.54, 1.807) is 0 Å². The molecule has 0 N–H and O–H groups in total. The fourth-order valence-electron chi connectivity index (χ4n) is 15.0. The predicted molar refractivity (Wildman–Crippen MR) is 423 cm³/mol. The maximum absolute atomic E-state index is 9.88. The molecule has 2 aliphatic rings. The molecule has 1 spiro atoms. The number of rotatable bonds is 11. The standard InChI is InChI=1S/C53H32N4.C44H28N4/c54-33-34-25-28-48-45(29-34)43-22-8-10-24-47(43)53(48)46-23-9-7-21-42(46)44-27-26-40(32-49(44)53)38-18-11-17-37(30-38)39-19-12-20-41(31-39)52-56-50(35-13-3-1-4-14-35)55-51(57-52)36-15-5-2-6-16-36;45-29-30-11-13-31(14-12-30)32-15-17-33(18-16-32)39-25-21-35-22-26-40(28-41(35)27-39)34-19-23-38(24-20-34)44-47-42(36-7-3-1-4-8-36)46-43(48-44)37-9-5-2-6-10-37/h1-32H;1-28H. The Morgan fingerprint density at radius 2 is 0.476 bits per heavy atom. The Bertz CT molecular complexity index is 6150. The summed E-state index contributed by atoms with van der Waals surface area (Å²) in [5, 5.41) is 21.4. The quantitative estimate of drug-likeness (QED) is 0.125. The number of benzene rings is 15. The minimum absolute atomic E-state index is 0.491. The van der Waals surface area contributed by atoms with Crippen molar-refractivity contribution in [2.75, 3.05) is 0 Å². The number of nitriles is 2. The molecule has 0 aliphatic heterocycles. The molecule has 2 aliphatic carbocycles. The lowest BCUT2D eigenvalue weighted by atomic mass is 9.70. The largest absolute Gasteiger partial charge is 0.208 e. The molecule has 105 heavy (non-hydrogen) atoms. The molecule has 15 aromatic carbocycles. The fraction of sp³-hybridized carbons (Fsp3) is 0.0103. The normalized spacial score (nSPS) is 12.8. The predicted octanol–water partition coefficient (Wildman–Crippen LogP) is 23.3. The van der Waals surface area contributed by atoms with Crippen LogP contribution in [0.3, 0.4) is 0 Å². The van der Waals surface area contributed by atoms with Crippen LogP contribution in [0, 0.1) is 22.7 Å². The van der Waals surface area contributed by atoms with Gasteiger partial charge in [0.25, 0.3) is 0 Å². The molecule has 19 rings (SSSR count). The van der Waals surface area contributed by atoms with Crippen molar-refractivity contribution >= 4 is 10.8 Å². The van der Waals surface area contributed by atoms with E-state index in [4.69, 9.17) is 35.2 Å². The molecule has 0 radical (unpaired) electrons. The van der Waals surface area contributed by atoms with Gasteiger partial charge < -0.3 is 0 Å². The van der Waals surface area contributed by atoms with Crippen LogP contribution in [-0.4, -0.2) is 29.9 Å². The molecule has 0 bridgehead atoms. The van der Waals surface area contributed by atoms with Gasteiger partial charge >= 0.3 is 0 Å². The van der Waals surface area contributed by atoms with Crippen LogP contribution in [0.15, 0.2) is 364 Å². The molecule has 2 aromatic heterocycles. The van der Waals surface area contributed by atoms with Gasteiger partial charge in [-0.15, -0.1) is 0 Å². The minimum Gasteiger partial charge on any atom is -0.208 e. The van der Waals surface area contributed by atoms with E-state index in [1.165, 1.54) is 55.3 Å². The summed E-state index contributed by atoms with van der Waals surface area (Å²) >= 11 is 0. The topological polar surface area (TPSA) is 125 Å². The lowest BCUT2D eigenvalue weighted by Crippen LogP contribution is -2.25. The average Bonchev–Trinajstić information content (AvgIpc) is 1.51. The molecular formula is C97H60N8. The van der Waals surface area contributed by atoms with Gasteiger partial charge in [-0.3, -0.25) is 0 Å². The van der Waals surface area contributed by atoms with E-state index in [1.807, 2.05) is 152 Å². The Labute approximate surface area is 608 Å². The van der Waals surface area contributed by atoms with Crippen LogP contribution < -0.4 is 0 Å². The highest BCUT2D eigenvalue weighted by Crippen LogP contribution is 2.63. The van der Waals surface area contributed by atoms with Crippen molar-refractivity contribution in [2.24, 2.45) is 0 Å². The molecular weight excluding hydrogens is 1280 g/mol. The van der Waals surface area contributed by atoms with Crippen molar-refractivity contribution in [3.05, 3.63) is 397 Å². The maximum atomic E-state index is 9.88. The van der Waals surface area contributed by atoms with Gasteiger partial charge in [-0.05, 0) is 166 Å². The van der Waals surface area contributed by atoms with Gasteiger partial charge in [-0.2, -0.15) is 10.5 Å². The Kier molecular flexibility index (Phi) is 16.1. The van der Waals surface area contributed by atoms with Crippen LogP contribution in [0.25, 0.3) is 157 Å². The van der Waals surface area contributed by atoms with Crippen molar-refractivity contribution in [1.82, 2.24) is 29.9 Å². The monoisotopic (exact) mass is 1340 g/mol. The highest BCUT2D eigenvalue weighted by Gasteiger charge is 2.51. The molecule has 2 heterocycles. The first-order valence-electron chi connectivity index (χ1n) is 35.0. The summed E-state index contributed by atoms with van der Waals surface area (Å²) in [6.07, 6.45) is 0. The summed E-state index contributed by atoms with van der Waals surface area (Å²) < 4.78 is 0. The van der Waals surface area contributed by atoms with Gasteiger partial charge in [0, 0.05) is 33.4 Å². The van der Waals surface area contributed by atoms with Gasteiger partial charge in [0.15, 0.2) is 34.9 Å². The molecule has 8 nitrogen and oxygen atoms in total. The van der Waals surface area contributed by atoms with Crippen LogP contribution in [0.5, 0.6) is 0 Å². The average molecular weight is 1340 g/mol. The molecule has 0 fully saturated rings. The van der Waals surface area contributed by atoms with Crippen LogP contribution in [0.1, 0.15) is 33.4 Å². The molecule has 8 heteroatoms. The van der Waals surface area contributed by atoms with Crippen molar-refractivity contribution in [3.8, 4) is 158 Å². The summed E-state index contributed by atoms with van der Waals surface area (Å²) in [5.74, 6) is 3.85. The molecule has 1 atom stereocenters. The number of aromatic nitrogens is 6. The second-order valence-corrected chi connectivity index (χ2v) is 26.3. The highest BCUT2D eigenvalue weighted by molar-refractivity contribution is 5.97. The van der Waals surface area contributed by atoms with E-state index in [9.17, 15) is 5.26 Å². The third-order valence-electron chi connectivity index (χ3n) is 20.1. The van der Waals surface area contributed by atoms with Gasteiger partial charge in [-0.1, -0.05) is 309 Å².